The Morgan fingerprint density at radius 3 is 1.66 bits per heavy atom. The lowest BCUT2D eigenvalue weighted by Crippen LogP contribution is -2.23. The van der Waals surface area contributed by atoms with Crippen molar-refractivity contribution in [1.82, 2.24) is 0 Å². The summed E-state index contributed by atoms with van der Waals surface area (Å²) in [6.07, 6.45) is 0. The maximum atomic E-state index is 9.81. The van der Waals surface area contributed by atoms with Gasteiger partial charge in [0.05, 0.1) is 11.6 Å². The maximum absolute atomic E-state index is 9.81. The molecule has 0 saturated carbocycles. The highest BCUT2D eigenvalue weighted by Crippen LogP contribution is 2.40. The van der Waals surface area contributed by atoms with Gasteiger partial charge in [-0.2, -0.15) is 5.26 Å². The predicted octanol–water partition coefficient (Wildman–Crippen LogP) is 5.60. The molecule has 0 aliphatic rings. The van der Waals surface area contributed by atoms with Gasteiger partial charge < -0.3 is 0 Å². The Bertz CT molecular complexity index is 1130. The van der Waals surface area contributed by atoms with E-state index in [4.69, 9.17) is 0 Å². The normalized spacial score (nSPS) is 10.7. The lowest BCUT2D eigenvalue weighted by Gasteiger charge is -2.25. The fraction of sp³-hybridized carbons (Fsp3) is 0.0741. The van der Waals surface area contributed by atoms with E-state index in [-0.39, 0.29) is 0 Å². The molecule has 0 fully saturated rings. The Labute approximate surface area is 174 Å². The molecular weight excluding hydrogens is 369 g/mol. The Morgan fingerprint density at radius 1 is 0.586 bits per heavy atom. The third kappa shape index (κ3) is 3.73. The van der Waals surface area contributed by atoms with Gasteiger partial charge in [-0.25, -0.2) is 0 Å². The van der Waals surface area contributed by atoms with Crippen LogP contribution in [-0.2, 0) is 0 Å². The standard InChI is InChI=1S/C27H22NP/c1-20-11-9-13-22(19-28)26(20)27-21(2)12-10-18-25(27)29(23-14-5-3-6-15-23)24-16-7-4-8-17-24/h3-18H,1-2H3. The molecule has 0 heterocycles. The number of aryl methyl sites for hydroxylation is 2. The van der Waals surface area contributed by atoms with Gasteiger partial charge in [0, 0.05) is 5.56 Å². The highest BCUT2D eigenvalue weighted by atomic mass is 31.1. The fourth-order valence-corrected chi connectivity index (χ4v) is 6.38. The van der Waals surface area contributed by atoms with E-state index in [1.807, 2.05) is 12.1 Å². The van der Waals surface area contributed by atoms with Crippen LogP contribution >= 0.6 is 7.92 Å². The molecule has 0 aliphatic heterocycles. The van der Waals surface area contributed by atoms with Crippen LogP contribution in [0, 0.1) is 25.2 Å². The molecule has 4 aromatic rings. The molecule has 4 aromatic carbocycles. The minimum absolute atomic E-state index is 0.733. The zero-order valence-corrected chi connectivity index (χ0v) is 17.5. The van der Waals surface area contributed by atoms with Crippen molar-refractivity contribution in [3.8, 4) is 17.2 Å². The quantitative estimate of drug-likeness (QED) is 0.416. The molecule has 29 heavy (non-hydrogen) atoms. The highest BCUT2D eigenvalue weighted by molar-refractivity contribution is 7.80. The Hall–Kier alpha value is -3.20. The van der Waals surface area contributed by atoms with Gasteiger partial charge in [0.1, 0.15) is 0 Å². The summed E-state index contributed by atoms with van der Waals surface area (Å²) in [5, 5.41) is 13.7. The number of hydrogen-bond acceptors (Lipinski definition) is 1. The van der Waals surface area contributed by atoms with Crippen molar-refractivity contribution in [1.29, 1.82) is 5.26 Å². The zero-order chi connectivity index (χ0) is 20.2. The first-order valence-corrected chi connectivity index (χ1v) is 11.0. The van der Waals surface area contributed by atoms with E-state index in [2.05, 4.69) is 105 Å². The molecular formula is C27H22NP. The van der Waals surface area contributed by atoms with Gasteiger partial charge in [-0.3, -0.25) is 0 Å². The monoisotopic (exact) mass is 391 g/mol. The molecule has 0 aromatic heterocycles. The summed E-state index contributed by atoms with van der Waals surface area (Å²) in [5.41, 5.74) is 5.32. The summed E-state index contributed by atoms with van der Waals surface area (Å²) >= 11 is 0. The largest absolute Gasteiger partial charge is 0.192 e. The zero-order valence-electron chi connectivity index (χ0n) is 16.6. The lowest BCUT2D eigenvalue weighted by atomic mass is 9.92. The summed E-state index contributed by atoms with van der Waals surface area (Å²) in [7, 11) is -0.746. The van der Waals surface area contributed by atoms with Gasteiger partial charge in [0.2, 0.25) is 0 Å². The van der Waals surface area contributed by atoms with E-state index in [1.165, 1.54) is 27.0 Å². The van der Waals surface area contributed by atoms with Gasteiger partial charge >= 0.3 is 0 Å². The van der Waals surface area contributed by atoms with Crippen molar-refractivity contribution in [2.45, 2.75) is 13.8 Å². The minimum atomic E-state index is -0.746. The molecule has 0 spiro atoms. The van der Waals surface area contributed by atoms with Gasteiger partial charge in [-0.05, 0) is 60.4 Å². The smallest absolute Gasteiger partial charge is 0.0998 e. The van der Waals surface area contributed by atoms with Crippen LogP contribution in [0.25, 0.3) is 11.1 Å². The van der Waals surface area contributed by atoms with Crippen molar-refractivity contribution >= 4 is 23.8 Å². The van der Waals surface area contributed by atoms with Gasteiger partial charge in [-0.1, -0.05) is 91.0 Å². The number of nitriles is 1. The predicted molar refractivity (Wildman–Crippen MR) is 125 cm³/mol. The highest BCUT2D eigenvalue weighted by Gasteiger charge is 2.23. The molecule has 2 heteroatoms. The van der Waals surface area contributed by atoms with E-state index >= 15 is 0 Å². The molecule has 0 aliphatic carbocycles. The second-order valence-corrected chi connectivity index (χ2v) is 9.27. The van der Waals surface area contributed by atoms with E-state index in [0.717, 1.165) is 16.7 Å². The molecule has 1 nitrogen and oxygen atoms in total. The molecule has 0 unspecified atom stereocenters. The average molecular weight is 391 g/mol. The number of rotatable bonds is 4. The van der Waals surface area contributed by atoms with Crippen LogP contribution in [0.3, 0.4) is 0 Å². The van der Waals surface area contributed by atoms with Crippen molar-refractivity contribution in [3.63, 3.8) is 0 Å². The van der Waals surface area contributed by atoms with Gasteiger partial charge in [0.25, 0.3) is 0 Å². The summed E-state index contributed by atoms with van der Waals surface area (Å²) in [6.45, 7) is 4.25. The number of nitrogens with zero attached hydrogens (tertiary/aromatic N) is 1. The molecule has 0 saturated heterocycles. The van der Waals surface area contributed by atoms with Crippen molar-refractivity contribution in [3.05, 3.63) is 114 Å². The van der Waals surface area contributed by atoms with Crippen LogP contribution in [0.4, 0.5) is 0 Å². The molecule has 0 radical (unpaired) electrons. The minimum Gasteiger partial charge on any atom is -0.192 e. The fourth-order valence-electron chi connectivity index (χ4n) is 3.84. The summed E-state index contributed by atoms with van der Waals surface area (Å²) < 4.78 is 0. The number of benzene rings is 4. The summed E-state index contributed by atoms with van der Waals surface area (Å²) in [6, 6.07) is 36.4. The van der Waals surface area contributed by atoms with Crippen molar-refractivity contribution in [2.24, 2.45) is 0 Å². The molecule has 0 N–H and O–H groups in total. The van der Waals surface area contributed by atoms with Crippen LogP contribution in [0.2, 0.25) is 0 Å². The van der Waals surface area contributed by atoms with Crippen LogP contribution < -0.4 is 15.9 Å². The Kier molecular flexibility index (Phi) is 5.57. The van der Waals surface area contributed by atoms with Crippen molar-refractivity contribution in [2.75, 3.05) is 0 Å². The molecule has 0 bridgehead atoms. The average Bonchev–Trinajstić information content (AvgIpc) is 2.76. The van der Waals surface area contributed by atoms with E-state index in [9.17, 15) is 5.26 Å². The lowest BCUT2D eigenvalue weighted by molar-refractivity contribution is 1.39. The van der Waals surface area contributed by atoms with Crippen LogP contribution in [0.5, 0.6) is 0 Å². The molecule has 140 valence electrons. The molecule has 0 amide bonds. The topological polar surface area (TPSA) is 23.8 Å². The number of hydrogen-bond donors (Lipinski definition) is 0. The van der Waals surface area contributed by atoms with Crippen LogP contribution in [-0.4, -0.2) is 0 Å². The second kappa shape index (κ2) is 8.44. The van der Waals surface area contributed by atoms with E-state index < -0.39 is 7.92 Å². The molecule has 0 atom stereocenters. The summed E-state index contributed by atoms with van der Waals surface area (Å²) in [4.78, 5) is 0. The van der Waals surface area contributed by atoms with Crippen LogP contribution in [0.1, 0.15) is 16.7 Å². The van der Waals surface area contributed by atoms with Gasteiger partial charge in [-0.15, -0.1) is 0 Å². The summed E-state index contributed by atoms with van der Waals surface area (Å²) in [5.74, 6) is 0. The third-order valence-electron chi connectivity index (χ3n) is 5.16. The Balaban J connectivity index is 2.05. The van der Waals surface area contributed by atoms with Crippen LogP contribution in [0.15, 0.2) is 97.1 Å². The first-order chi connectivity index (χ1) is 14.2. The first kappa shape index (κ1) is 19.1. The second-order valence-electron chi connectivity index (χ2n) is 7.08. The third-order valence-corrected chi connectivity index (χ3v) is 7.65. The SMILES string of the molecule is Cc1cccc(C#N)c1-c1c(C)cccc1P(c1ccccc1)c1ccccc1. The van der Waals surface area contributed by atoms with E-state index in [1.54, 1.807) is 0 Å². The maximum Gasteiger partial charge on any atom is 0.0998 e. The first-order valence-electron chi connectivity index (χ1n) is 9.70. The van der Waals surface area contributed by atoms with Gasteiger partial charge in [0.15, 0.2) is 0 Å². The molecule has 4 rings (SSSR count). The van der Waals surface area contributed by atoms with Crippen molar-refractivity contribution < 1.29 is 0 Å². The van der Waals surface area contributed by atoms with E-state index in [0.29, 0.717) is 0 Å². The Morgan fingerprint density at radius 2 is 1.10 bits per heavy atom.